The Bertz CT molecular complexity index is 3730. The summed E-state index contributed by atoms with van der Waals surface area (Å²) in [5.41, 5.74) is 10.5. The van der Waals surface area contributed by atoms with Gasteiger partial charge in [0.05, 0.1) is 44.5 Å². The van der Waals surface area contributed by atoms with Crippen molar-refractivity contribution in [3.8, 4) is 17.1 Å². The second-order valence-electron chi connectivity index (χ2n) is 16.8. The molecule has 3 heterocycles. The highest BCUT2D eigenvalue weighted by molar-refractivity contribution is 7.20. The van der Waals surface area contributed by atoms with Crippen LogP contribution in [0, 0.1) is 0 Å². The molecule has 0 aliphatic carbocycles. The second-order valence-corrected chi connectivity index (χ2v) is 20.6. The summed E-state index contributed by atoms with van der Waals surface area (Å²) in [7, 11) is -2.88. The number of hydrogen-bond donors (Lipinski definition) is 0. The quantitative estimate of drug-likeness (QED) is 0.112. The lowest BCUT2D eigenvalue weighted by atomic mass is 10.1. The van der Waals surface area contributed by atoms with Crippen LogP contribution in [0.5, 0.6) is 0 Å². The molecule has 0 bridgehead atoms. The Labute approximate surface area is 372 Å². The van der Waals surface area contributed by atoms with E-state index in [1.807, 2.05) is 0 Å². The fourth-order valence-electron chi connectivity index (χ4n) is 11.0. The van der Waals surface area contributed by atoms with Crippen molar-refractivity contribution in [2.75, 3.05) is 0 Å². The number of rotatable bonds is 7. The smallest absolute Gasteiger partial charge is 0.179 e. The zero-order valence-corrected chi connectivity index (χ0v) is 36.0. The zero-order chi connectivity index (χ0) is 42.2. The van der Waals surface area contributed by atoms with Crippen molar-refractivity contribution in [1.82, 2.24) is 13.7 Å². The molecule has 0 N–H and O–H groups in total. The topological polar surface area (TPSA) is 14.8 Å². The first-order chi connectivity index (χ1) is 31.8. The molecular formula is C60H41N3Si. The summed E-state index contributed by atoms with van der Waals surface area (Å²) in [6, 6.07) is 92.4. The Balaban J connectivity index is 1.22. The average molecular weight is 832 g/mol. The summed E-state index contributed by atoms with van der Waals surface area (Å²) < 4.78 is 7.51. The third-order valence-electron chi connectivity index (χ3n) is 13.6. The first kappa shape index (κ1) is 36.5. The molecule has 0 radical (unpaired) electrons. The molecule has 13 aromatic rings. The van der Waals surface area contributed by atoms with Gasteiger partial charge in [0.15, 0.2) is 8.07 Å². The highest BCUT2D eigenvalue weighted by Gasteiger charge is 2.41. The maximum Gasteiger partial charge on any atom is 0.179 e. The maximum atomic E-state index is 2.57. The van der Waals surface area contributed by atoms with Crippen LogP contribution in [0.3, 0.4) is 0 Å². The lowest BCUT2D eigenvalue weighted by molar-refractivity contribution is 1.13. The van der Waals surface area contributed by atoms with E-state index >= 15 is 0 Å². The maximum absolute atomic E-state index is 2.88. The van der Waals surface area contributed by atoms with Crippen LogP contribution in [-0.2, 0) is 0 Å². The Morgan fingerprint density at radius 2 is 0.656 bits per heavy atom. The molecule has 0 fully saturated rings. The normalized spacial score (nSPS) is 12.1. The molecule has 10 aromatic carbocycles. The van der Waals surface area contributed by atoms with E-state index in [-0.39, 0.29) is 0 Å². The number of benzene rings is 10. The average Bonchev–Trinajstić information content (AvgIpc) is 4.01. The van der Waals surface area contributed by atoms with Crippen LogP contribution >= 0.6 is 0 Å². The molecule has 0 aliphatic heterocycles. The molecule has 13 rings (SSSR count). The Kier molecular flexibility index (Phi) is 8.23. The van der Waals surface area contributed by atoms with Gasteiger partial charge < -0.3 is 13.7 Å². The molecular weight excluding hydrogens is 791 g/mol. The van der Waals surface area contributed by atoms with Crippen molar-refractivity contribution < 1.29 is 0 Å². The molecule has 0 spiro atoms. The van der Waals surface area contributed by atoms with Crippen molar-refractivity contribution in [2.24, 2.45) is 0 Å². The Hall–Kier alpha value is -8.18. The highest BCUT2D eigenvalue weighted by atomic mass is 28.3. The van der Waals surface area contributed by atoms with Crippen molar-refractivity contribution in [3.63, 3.8) is 0 Å². The standard InChI is InChI=1S/C60H41N3Si/c1-5-21-42(22-6-1)61-52-33-16-15-31-49(52)50-32-19-38-58(60(50)61)63-55-40-39-46(64(43-23-7-2-8-24-43,44-25-9-3-10-26-44)45-27-11-4-12-28-45)41-51(55)59-56(36-20-37-57(59)63)62-53-34-17-13-29-47(53)48-30-14-18-35-54(48)62/h1-41H. The van der Waals surface area contributed by atoms with Crippen LogP contribution in [0.4, 0.5) is 0 Å². The lowest BCUT2D eigenvalue weighted by Gasteiger charge is -2.34. The van der Waals surface area contributed by atoms with Gasteiger partial charge >= 0.3 is 0 Å². The molecule has 0 saturated heterocycles. The summed E-state index contributed by atoms with van der Waals surface area (Å²) in [6.07, 6.45) is 0. The van der Waals surface area contributed by atoms with Crippen LogP contribution in [0.25, 0.3) is 82.5 Å². The van der Waals surface area contributed by atoms with Gasteiger partial charge in [-0.2, -0.15) is 0 Å². The molecule has 4 heteroatoms. The molecule has 3 aromatic heterocycles. The predicted octanol–water partition coefficient (Wildman–Crippen LogP) is 12.4. The van der Waals surface area contributed by atoms with Crippen LogP contribution in [0.1, 0.15) is 0 Å². The SMILES string of the molecule is c1ccc(-n2c3ccccc3c3cccc(-n4c5ccc([Si](c6ccccc6)(c6ccccc6)c6ccccc6)cc5c5c(-n6c7ccccc7c7ccccc76)cccc54)c32)cc1. The van der Waals surface area contributed by atoms with Gasteiger partial charge in [-0.05, 0) is 75.3 Å². The van der Waals surface area contributed by atoms with E-state index in [4.69, 9.17) is 0 Å². The molecule has 64 heavy (non-hydrogen) atoms. The van der Waals surface area contributed by atoms with Crippen LogP contribution in [0.2, 0.25) is 0 Å². The first-order valence-electron chi connectivity index (χ1n) is 22.1. The summed E-state index contributed by atoms with van der Waals surface area (Å²) in [5, 5.41) is 12.8. The van der Waals surface area contributed by atoms with Gasteiger partial charge in [-0.3, -0.25) is 0 Å². The summed E-state index contributed by atoms with van der Waals surface area (Å²) in [5.74, 6) is 0. The Morgan fingerprint density at radius 1 is 0.250 bits per heavy atom. The second kappa shape index (κ2) is 14.5. The van der Waals surface area contributed by atoms with Crippen molar-refractivity contribution in [3.05, 3.63) is 249 Å². The van der Waals surface area contributed by atoms with Gasteiger partial charge in [0.2, 0.25) is 0 Å². The molecule has 0 unspecified atom stereocenters. The van der Waals surface area contributed by atoms with Gasteiger partial charge in [0, 0.05) is 38.0 Å². The van der Waals surface area contributed by atoms with E-state index in [1.54, 1.807) is 0 Å². The molecule has 0 aliphatic rings. The van der Waals surface area contributed by atoms with Crippen molar-refractivity contribution >= 4 is 94.2 Å². The van der Waals surface area contributed by atoms with Crippen molar-refractivity contribution in [2.45, 2.75) is 0 Å². The summed E-state index contributed by atoms with van der Waals surface area (Å²) in [6.45, 7) is 0. The zero-order valence-electron chi connectivity index (χ0n) is 35.0. The summed E-state index contributed by atoms with van der Waals surface area (Å²) in [4.78, 5) is 0. The minimum Gasteiger partial charge on any atom is -0.309 e. The molecule has 0 saturated carbocycles. The predicted molar refractivity (Wildman–Crippen MR) is 273 cm³/mol. The molecule has 3 nitrogen and oxygen atoms in total. The van der Waals surface area contributed by atoms with E-state index < -0.39 is 8.07 Å². The minimum atomic E-state index is -2.88. The van der Waals surface area contributed by atoms with Crippen LogP contribution in [-0.4, -0.2) is 21.8 Å². The fourth-order valence-corrected chi connectivity index (χ4v) is 15.8. The third-order valence-corrected chi connectivity index (χ3v) is 18.3. The van der Waals surface area contributed by atoms with Gasteiger partial charge in [-0.1, -0.05) is 194 Å². The lowest BCUT2D eigenvalue weighted by Crippen LogP contribution is -2.74. The fraction of sp³-hybridized carbons (Fsp3) is 0. The van der Waals surface area contributed by atoms with Crippen LogP contribution in [0.15, 0.2) is 249 Å². The van der Waals surface area contributed by atoms with E-state index in [1.165, 1.54) is 80.6 Å². The molecule has 0 atom stereocenters. The largest absolute Gasteiger partial charge is 0.309 e. The van der Waals surface area contributed by atoms with Gasteiger partial charge in [-0.15, -0.1) is 0 Å². The number of fused-ring (bicyclic) bond motifs is 9. The van der Waals surface area contributed by atoms with Crippen molar-refractivity contribution in [1.29, 1.82) is 0 Å². The van der Waals surface area contributed by atoms with E-state index in [9.17, 15) is 0 Å². The van der Waals surface area contributed by atoms with E-state index in [2.05, 4.69) is 262 Å². The first-order valence-corrected chi connectivity index (χ1v) is 24.1. The van der Waals surface area contributed by atoms with Gasteiger partial charge in [0.25, 0.3) is 0 Å². The monoisotopic (exact) mass is 831 g/mol. The summed E-state index contributed by atoms with van der Waals surface area (Å²) >= 11 is 0. The number of aromatic nitrogens is 3. The number of nitrogens with zero attached hydrogens (tertiary/aromatic N) is 3. The minimum absolute atomic E-state index is 1.14. The third kappa shape index (κ3) is 5.21. The number of para-hydroxylation sites is 5. The van der Waals surface area contributed by atoms with Crippen LogP contribution < -0.4 is 20.7 Å². The highest BCUT2D eigenvalue weighted by Crippen LogP contribution is 2.43. The van der Waals surface area contributed by atoms with E-state index in [0.717, 1.165) is 22.6 Å². The van der Waals surface area contributed by atoms with E-state index in [0.29, 0.717) is 0 Å². The number of hydrogen-bond acceptors (Lipinski definition) is 0. The van der Waals surface area contributed by atoms with Gasteiger partial charge in [-0.25, -0.2) is 0 Å². The Morgan fingerprint density at radius 3 is 1.23 bits per heavy atom. The van der Waals surface area contributed by atoms with Gasteiger partial charge in [0.1, 0.15) is 0 Å². The molecule has 0 amide bonds. The molecule has 300 valence electrons.